The summed E-state index contributed by atoms with van der Waals surface area (Å²) < 4.78 is 5.41. The van der Waals surface area contributed by atoms with Crippen LogP contribution in [0.2, 0.25) is 0 Å². The van der Waals surface area contributed by atoms with Crippen LogP contribution in [0.4, 0.5) is 0 Å². The Morgan fingerprint density at radius 2 is 1.24 bits per heavy atom. The molecule has 4 aliphatic carbocycles. The number of imide groups is 2. The first-order valence-corrected chi connectivity index (χ1v) is 15.3. The van der Waals surface area contributed by atoms with Gasteiger partial charge in [0.25, 0.3) is 0 Å². The van der Waals surface area contributed by atoms with Crippen molar-refractivity contribution >= 4 is 35.4 Å². The van der Waals surface area contributed by atoms with E-state index in [0.717, 1.165) is 43.4 Å². The Kier molecular flexibility index (Phi) is 6.58. The number of ether oxygens (including phenoxy) is 1. The van der Waals surface area contributed by atoms with Gasteiger partial charge < -0.3 is 4.74 Å². The minimum atomic E-state index is -1.12. The number of benzene rings is 1. The minimum Gasteiger partial charge on any atom is -0.456 e. The molecule has 9 atom stereocenters. The molecule has 1 aromatic rings. The highest BCUT2D eigenvalue weighted by molar-refractivity contribution is 6.09. The lowest BCUT2D eigenvalue weighted by atomic mass is 9.81. The third kappa shape index (κ3) is 4.17. The van der Waals surface area contributed by atoms with Gasteiger partial charge in [0.05, 0.1) is 23.7 Å². The first kappa shape index (κ1) is 26.5. The Bertz CT molecular complexity index is 1250. The number of amides is 4. The van der Waals surface area contributed by atoms with Crippen molar-refractivity contribution in [3.63, 3.8) is 0 Å². The smallest absolute Gasteiger partial charge is 0.329 e. The predicted molar refractivity (Wildman–Crippen MR) is 144 cm³/mol. The summed E-state index contributed by atoms with van der Waals surface area (Å²) in [5.41, 5.74) is 0.412. The molecule has 9 nitrogen and oxygen atoms in total. The number of hydrogen-bond acceptors (Lipinski definition) is 7. The molecule has 4 saturated carbocycles. The summed E-state index contributed by atoms with van der Waals surface area (Å²) >= 11 is 0. The molecule has 1 aromatic carbocycles. The zero-order valence-corrected chi connectivity index (χ0v) is 23.1. The Morgan fingerprint density at radius 3 is 1.78 bits per heavy atom. The molecule has 4 amide bonds. The lowest BCUT2D eigenvalue weighted by molar-refractivity contribution is -0.159. The van der Waals surface area contributed by atoms with Crippen molar-refractivity contribution in [2.45, 2.75) is 63.8 Å². The van der Waals surface area contributed by atoms with E-state index >= 15 is 0 Å². The Hall–Kier alpha value is -3.36. The monoisotopic (exact) mass is 560 g/mol. The maximum atomic E-state index is 13.5. The van der Waals surface area contributed by atoms with Crippen LogP contribution in [-0.2, 0) is 28.7 Å². The van der Waals surface area contributed by atoms with Crippen LogP contribution in [-0.4, -0.2) is 64.4 Å². The zero-order valence-electron chi connectivity index (χ0n) is 23.1. The summed E-state index contributed by atoms with van der Waals surface area (Å²) in [5, 5.41) is 0. The molecule has 7 rings (SSSR count). The van der Waals surface area contributed by atoms with Crippen LogP contribution >= 0.6 is 0 Å². The zero-order chi connectivity index (χ0) is 28.4. The van der Waals surface area contributed by atoms with Crippen LogP contribution in [0.3, 0.4) is 0 Å². The SMILES string of the molecule is O=C(COC(=O)[C@H](CCCCN1C(=O)[C@@H]2[C@H]3CC[C@@H](C3)[C@@H]2C1=O)N1C(=O)[C@@H]2[C@H]3CC[C@@H](C3)[C@@H]2C1=O)c1ccccc1. The quantitative estimate of drug-likeness (QED) is 0.187. The fourth-order valence-corrected chi connectivity index (χ4v) is 9.33. The minimum absolute atomic E-state index is 0.0595. The molecular weight excluding hydrogens is 524 g/mol. The summed E-state index contributed by atoms with van der Waals surface area (Å²) in [5.74, 6) is -1.87. The molecule has 6 fully saturated rings. The van der Waals surface area contributed by atoms with Crippen molar-refractivity contribution in [1.82, 2.24) is 9.80 Å². The van der Waals surface area contributed by atoms with Gasteiger partial charge in [-0.25, -0.2) is 4.79 Å². The molecule has 4 bridgehead atoms. The maximum Gasteiger partial charge on any atom is 0.329 e. The van der Waals surface area contributed by atoms with Crippen LogP contribution in [0.5, 0.6) is 0 Å². The number of hydrogen-bond donors (Lipinski definition) is 0. The molecule has 0 N–H and O–H groups in total. The van der Waals surface area contributed by atoms with Crippen molar-refractivity contribution in [3.05, 3.63) is 35.9 Å². The number of nitrogens with zero attached hydrogens (tertiary/aromatic N) is 2. The number of fused-ring (bicyclic) bond motifs is 10. The molecule has 0 spiro atoms. The number of unbranched alkanes of at least 4 members (excludes halogenated alkanes) is 1. The third-order valence-corrected chi connectivity index (χ3v) is 11.1. The molecule has 0 unspecified atom stereocenters. The second-order valence-electron chi connectivity index (χ2n) is 13.1. The number of ketones is 1. The van der Waals surface area contributed by atoms with Gasteiger partial charge in [0.1, 0.15) is 6.04 Å². The van der Waals surface area contributed by atoms with Gasteiger partial charge >= 0.3 is 5.97 Å². The highest BCUT2D eigenvalue weighted by Gasteiger charge is 2.63. The number of likely N-dealkylation sites (tertiary alicyclic amines) is 2. The second kappa shape index (κ2) is 10.2. The molecule has 9 heteroatoms. The van der Waals surface area contributed by atoms with E-state index < -0.39 is 18.6 Å². The molecule has 0 aromatic heterocycles. The van der Waals surface area contributed by atoms with Crippen LogP contribution in [0, 0.1) is 47.3 Å². The summed E-state index contributed by atoms with van der Waals surface area (Å²) in [4.78, 5) is 81.7. The van der Waals surface area contributed by atoms with Crippen molar-refractivity contribution in [1.29, 1.82) is 0 Å². The van der Waals surface area contributed by atoms with Crippen LogP contribution in [0.25, 0.3) is 0 Å². The molecular formula is C32H36N2O7. The Labute approximate surface area is 238 Å². The predicted octanol–water partition coefficient (Wildman–Crippen LogP) is 3.01. The maximum absolute atomic E-state index is 13.5. The molecule has 2 aliphatic heterocycles. The second-order valence-corrected chi connectivity index (χ2v) is 13.1. The highest BCUT2D eigenvalue weighted by Crippen LogP contribution is 2.57. The summed E-state index contributed by atoms with van der Waals surface area (Å²) in [6.45, 7) is -0.203. The van der Waals surface area contributed by atoms with Crippen molar-refractivity contribution in [2.75, 3.05) is 13.2 Å². The third-order valence-electron chi connectivity index (χ3n) is 11.1. The fourth-order valence-electron chi connectivity index (χ4n) is 9.33. The van der Waals surface area contributed by atoms with Gasteiger partial charge in [-0.15, -0.1) is 0 Å². The van der Waals surface area contributed by atoms with Crippen LogP contribution in [0.1, 0.15) is 68.1 Å². The van der Waals surface area contributed by atoms with E-state index in [1.54, 1.807) is 30.3 Å². The van der Waals surface area contributed by atoms with Gasteiger partial charge in [-0.1, -0.05) is 30.3 Å². The van der Waals surface area contributed by atoms with Gasteiger partial charge in [-0.05, 0) is 81.5 Å². The average Bonchev–Trinajstić information content (AvgIpc) is 3.83. The molecule has 41 heavy (non-hydrogen) atoms. The van der Waals surface area contributed by atoms with E-state index in [1.165, 1.54) is 4.90 Å². The number of esters is 1. The molecule has 216 valence electrons. The van der Waals surface area contributed by atoms with E-state index in [-0.39, 0.29) is 77.9 Å². The number of rotatable bonds is 10. The first-order valence-electron chi connectivity index (χ1n) is 15.3. The van der Waals surface area contributed by atoms with Crippen molar-refractivity contribution < 1.29 is 33.5 Å². The van der Waals surface area contributed by atoms with Gasteiger partial charge in [0.2, 0.25) is 23.6 Å². The average molecular weight is 561 g/mol. The van der Waals surface area contributed by atoms with E-state index in [9.17, 15) is 28.8 Å². The molecule has 6 aliphatic rings. The fraction of sp³-hybridized carbons (Fsp3) is 0.625. The van der Waals surface area contributed by atoms with Crippen LogP contribution in [0.15, 0.2) is 30.3 Å². The largest absolute Gasteiger partial charge is 0.456 e. The molecule has 2 heterocycles. The Balaban J connectivity index is 1.02. The summed E-state index contributed by atoms with van der Waals surface area (Å²) in [7, 11) is 0. The summed E-state index contributed by atoms with van der Waals surface area (Å²) in [6.07, 6.45) is 6.84. The first-order chi connectivity index (χ1) is 19.8. The normalized spacial score (nSPS) is 35.4. The molecule has 0 radical (unpaired) electrons. The van der Waals surface area contributed by atoms with E-state index in [2.05, 4.69) is 0 Å². The van der Waals surface area contributed by atoms with Gasteiger partial charge in [0.15, 0.2) is 12.4 Å². The summed E-state index contributed by atoms with van der Waals surface area (Å²) in [6, 6.07) is 7.38. The van der Waals surface area contributed by atoms with E-state index in [0.29, 0.717) is 30.2 Å². The number of carbonyl (C=O) groups is 6. The van der Waals surface area contributed by atoms with E-state index in [1.807, 2.05) is 0 Å². The molecule has 2 saturated heterocycles. The highest BCUT2D eigenvalue weighted by atomic mass is 16.5. The topological polar surface area (TPSA) is 118 Å². The van der Waals surface area contributed by atoms with Gasteiger partial charge in [-0.3, -0.25) is 33.8 Å². The number of Topliss-reactive ketones (excluding diaryl/α,β-unsaturated/α-hetero) is 1. The van der Waals surface area contributed by atoms with Crippen molar-refractivity contribution in [3.8, 4) is 0 Å². The van der Waals surface area contributed by atoms with E-state index in [4.69, 9.17) is 4.74 Å². The number of carbonyl (C=O) groups excluding carboxylic acids is 6. The van der Waals surface area contributed by atoms with Crippen molar-refractivity contribution in [2.24, 2.45) is 47.3 Å². The lowest BCUT2D eigenvalue weighted by Crippen LogP contribution is -2.47. The van der Waals surface area contributed by atoms with Gasteiger partial charge in [-0.2, -0.15) is 0 Å². The Morgan fingerprint density at radius 1 is 0.732 bits per heavy atom. The standard InChI is InChI=1S/C32H36N2O7/c35-23(17-6-2-1-3-7-17)16-41-32(40)22(34-30(38)26-20-11-12-21(15-20)27(26)31(34)39)8-4-5-13-33-28(36)24-18-9-10-19(14-18)25(24)29(33)37/h1-3,6-7,18-22,24-27H,4-5,8-16H2/t18-,19-,20-,21-,22-,24-,25+,26-,27+/m0/s1. The van der Waals surface area contributed by atoms with Gasteiger partial charge in [0, 0.05) is 12.1 Å². The van der Waals surface area contributed by atoms with Crippen LogP contribution < -0.4 is 0 Å². The lowest BCUT2D eigenvalue weighted by Gasteiger charge is -2.26.